The Morgan fingerprint density at radius 3 is 1.46 bits per heavy atom. The van der Waals surface area contributed by atoms with E-state index in [2.05, 4.69) is 117 Å². The molecule has 0 unspecified atom stereocenters. The standard InChI is InChI=1S/C28H40N6O4Si.C24H34N6O3Si.C4H7ClO.CH4/c1-9-19-20(29-15-18-13-11-10-12-14-18)22(38-39(7,8)28(4,5)6)26(37-19)34-16-30-21-23(34)31-27(33-25(21)36)32-24(35)17(2)3;1-7-16-17(26-13-15-11-9-8-10-12-15)19(33-34(5,6)24(2,3)4)22(32-16)30-14-27-18-20(30)28-23(25)29-21(18)31;1-3(2)4(5)6;/h10-17,19-20,22,26H,9H2,1-8H3,(H2,31,32,33,35,36);8-14,16-17,19,22H,7H2,1-6H3,(H3,25,28,29,31);3H,1-2H3;1H4/t19-,20-,22-,26-;16-,17-,19-,22-;;/m11../s1. The first kappa shape index (κ1) is 64.8. The maximum atomic E-state index is 12.9. The van der Waals surface area contributed by atoms with Gasteiger partial charge in [0.05, 0.1) is 24.9 Å². The van der Waals surface area contributed by atoms with Gasteiger partial charge in [0.25, 0.3) is 11.1 Å². The number of rotatable bonds is 15. The number of carbonyl (C=O) groups excluding carboxylic acids is 2. The minimum Gasteiger partial charge on any atom is -0.407 e. The Morgan fingerprint density at radius 1 is 0.713 bits per heavy atom. The van der Waals surface area contributed by atoms with Crippen LogP contribution in [0.25, 0.3) is 22.3 Å². The number of nitrogens with one attached hydrogen (secondary N) is 3. The van der Waals surface area contributed by atoms with Gasteiger partial charge in [0.15, 0.2) is 51.4 Å². The van der Waals surface area contributed by atoms with Gasteiger partial charge in [-0.05, 0) is 71.8 Å². The topological polar surface area (TPSA) is 261 Å². The highest BCUT2D eigenvalue weighted by atomic mass is 35.5. The van der Waals surface area contributed by atoms with E-state index in [-0.39, 0.29) is 99.4 Å². The molecule has 6 aromatic rings. The summed E-state index contributed by atoms with van der Waals surface area (Å²) in [5.74, 6) is -0.443. The van der Waals surface area contributed by atoms with Crippen LogP contribution in [-0.2, 0) is 27.9 Å². The van der Waals surface area contributed by atoms with Gasteiger partial charge in [0.2, 0.25) is 23.0 Å². The number of hydrogen-bond acceptors (Lipinski definition) is 15. The van der Waals surface area contributed by atoms with Crippen LogP contribution < -0.4 is 22.2 Å². The van der Waals surface area contributed by atoms with Crippen molar-refractivity contribution < 1.29 is 27.9 Å². The molecule has 0 aliphatic carbocycles. The molecule has 0 bridgehead atoms. The number of benzene rings is 2. The second-order valence-corrected chi connectivity index (χ2v) is 33.5. The van der Waals surface area contributed by atoms with Gasteiger partial charge >= 0.3 is 0 Å². The lowest BCUT2D eigenvalue weighted by Gasteiger charge is -2.40. The summed E-state index contributed by atoms with van der Waals surface area (Å²) in [7, 11) is -4.48. The van der Waals surface area contributed by atoms with Crippen molar-refractivity contribution >= 4 is 86.0 Å². The van der Waals surface area contributed by atoms with Gasteiger partial charge in [-0.2, -0.15) is 9.97 Å². The van der Waals surface area contributed by atoms with Gasteiger partial charge in [-0.1, -0.05) is 151 Å². The molecule has 2 aromatic carbocycles. The molecule has 2 aliphatic rings. The third kappa shape index (κ3) is 15.3. The Morgan fingerprint density at radius 2 is 1.10 bits per heavy atom. The van der Waals surface area contributed by atoms with Crippen molar-refractivity contribution in [3.63, 3.8) is 0 Å². The van der Waals surface area contributed by atoms with Crippen LogP contribution in [0.15, 0.2) is 92.9 Å². The number of halogens is 1. The van der Waals surface area contributed by atoms with E-state index in [1.807, 2.05) is 73.1 Å². The van der Waals surface area contributed by atoms with E-state index in [1.165, 1.54) is 0 Å². The first-order chi connectivity index (χ1) is 37.0. The fraction of sp³-hybridized carbons (Fsp3) is 0.544. The molecule has 4 aromatic heterocycles. The quantitative estimate of drug-likeness (QED) is 0.0424. The lowest BCUT2D eigenvalue weighted by Crippen LogP contribution is -2.48. The molecule has 8 atom stereocenters. The highest BCUT2D eigenvalue weighted by molar-refractivity contribution is 6.74. The number of imidazole rings is 2. The highest BCUT2D eigenvalue weighted by Crippen LogP contribution is 2.45. The van der Waals surface area contributed by atoms with E-state index in [0.29, 0.717) is 11.3 Å². The third-order valence-electron chi connectivity index (χ3n) is 14.9. The van der Waals surface area contributed by atoms with Crippen molar-refractivity contribution in [2.24, 2.45) is 21.8 Å². The normalized spacial score (nSPS) is 21.7. The molecule has 2 fully saturated rings. The van der Waals surface area contributed by atoms with E-state index in [0.717, 1.165) is 24.0 Å². The van der Waals surface area contributed by atoms with Gasteiger partial charge in [-0.3, -0.25) is 53.6 Å². The zero-order chi connectivity index (χ0) is 58.4. The number of nitrogen functional groups attached to an aromatic ring is 1. The number of aliphatic imine (C=N–C) groups is 2. The predicted molar refractivity (Wildman–Crippen MR) is 325 cm³/mol. The molecule has 0 saturated carbocycles. The average Bonchev–Trinajstić information content (AvgIpc) is 4.38. The molecule has 80 heavy (non-hydrogen) atoms. The lowest BCUT2D eigenvalue weighted by molar-refractivity contribution is -0.119. The van der Waals surface area contributed by atoms with Gasteiger partial charge in [0, 0.05) is 24.3 Å². The molecule has 1 amide bonds. The molecule has 20 nitrogen and oxygen atoms in total. The van der Waals surface area contributed by atoms with Gasteiger partial charge in [-0.15, -0.1) is 0 Å². The molecule has 5 N–H and O–H groups in total. The van der Waals surface area contributed by atoms with Crippen LogP contribution in [-0.4, -0.2) is 116 Å². The Balaban J connectivity index is 0.000000265. The number of anilines is 2. The molecule has 8 rings (SSSR count). The summed E-state index contributed by atoms with van der Waals surface area (Å²) in [6.45, 7) is 33.2. The summed E-state index contributed by atoms with van der Waals surface area (Å²) >= 11 is 4.97. The number of aromatic nitrogens is 8. The van der Waals surface area contributed by atoms with E-state index in [4.69, 9.17) is 45.6 Å². The number of nitrogens with two attached hydrogens (primary N) is 1. The van der Waals surface area contributed by atoms with Crippen molar-refractivity contribution in [3.05, 3.63) is 105 Å². The summed E-state index contributed by atoms with van der Waals surface area (Å²) in [6.07, 6.45) is 6.00. The number of fused-ring (bicyclic) bond motifs is 2. The highest BCUT2D eigenvalue weighted by Gasteiger charge is 2.52. The number of amides is 1. The number of nitrogens with zero attached hydrogens (tertiary/aromatic N) is 8. The Bertz CT molecular complexity index is 3200. The molecule has 2 aliphatic heterocycles. The van der Waals surface area contributed by atoms with Crippen LogP contribution >= 0.6 is 11.6 Å². The number of H-pyrrole nitrogens is 2. The Hall–Kier alpha value is -6.02. The molecule has 0 radical (unpaired) electrons. The number of carbonyl (C=O) groups is 2. The average molecular weight is 1160 g/mol. The summed E-state index contributed by atoms with van der Waals surface area (Å²) in [6, 6.07) is 19.4. The third-order valence-corrected chi connectivity index (χ3v) is 24.3. The summed E-state index contributed by atoms with van der Waals surface area (Å²) < 4.78 is 30.6. The molecule has 0 spiro atoms. The fourth-order valence-corrected chi connectivity index (χ4v) is 10.8. The predicted octanol–water partition coefficient (Wildman–Crippen LogP) is 10.8. The van der Waals surface area contributed by atoms with Crippen LogP contribution in [0.3, 0.4) is 0 Å². The summed E-state index contributed by atoms with van der Waals surface area (Å²) in [5.41, 5.74) is 8.09. The second kappa shape index (κ2) is 26.7. The smallest absolute Gasteiger partial charge is 0.280 e. The van der Waals surface area contributed by atoms with Crippen molar-refractivity contribution in [3.8, 4) is 0 Å². The van der Waals surface area contributed by atoms with E-state index >= 15 is 0 Å². The Labute approximate surface area is 477 Å². The van der Waals surface area contributed by atoms with Crippen molar-refractivity contribution in [1.29, 1.82) is 0 Å². The first-order valence-corrected chi connectivity index (χ1v) is 33.2. The van der Waals surface area contributed by atoms with Crippen molar-refractivity contribution in [1.82, 2.24) is 39.0 Å². The minimum atomic E-state index is -2.27. The monoisotopic (exact) mass is 1160 g/mol. The molecular weight excluding hydrogens is 1070 g/mol. The zero-order valence-corrected chi connectivity index (χ0v) is 51.3. The molecule has 23 heteroatoms. The van der Waals surface area contributed by atoms with Crippen molar-refractivity contribution in [2.75, 3.05) is 11.1 Å². The molecule has 6 heterocycles. The fourth-order valence-electron chi connectivity index (χ4n) is 8.19. The largest absolute Gasteiger partial charge is 0.407 e. The lowest BCUT2D eigenvalue weighted by atomic mass is 10.1. The van der Waals surface area contributed by atoms with E-state index < -0.39 is 40.8 Å². The van der Waals surface area contributed by atoms with Crippen LogP contribution in [0.4, 0.5) is 11.9 Å². The van der Waals surface area contributed by atoms with Gasteiger partial charge < -0.3 is 24.1 Å². The SMILES string of the molecule is C.CC(C)C(=O)Cl.CC[C@H]1O[C@@H](n2cnc3c(=O)[nH]c(N)nc32)[C@H](O[Si](C)(C)C(C)(C)C)[C@@H]1N=Cc1ccccc1.CC[C@H]1O[C@@H](n2cnc3c(=O)[nH]c(NC(=O)C(C)C)nc32)[C@H](O[Si](C)(C)C(C)(C)C)[C@@H]1N=Cc1ccccc1. The first-order valence-electron chi connectivity index (χ1n) is 27.0. The minimum absolute atomic E-state index is 0. The van der Waals surface area contributed by atoms with E-state index in [9.17, 15) is 19.2 Å². The number of aromatic amines is 2. The van der Waals surface area contributed by atoms with Crippen LogP contribution in [0.5, 0.6) is 0 Å². The van der Waals surface area contributed by atoms with Crippen LogP contribution in [0, 0.1) is 11.8 Å². The van der Waals surface area contributed by atoms with Crippen LogP contribution in [0.2, 0.25) is 36.3 Å². The van der Waals surface area contributed by atoms with Gasteiger partial charge in [-0.25, -0.2) is 9.97 Å². The number of ether oxygens (including phenoxy) is 2. The molecule has 2 saturated heterocycles. The zero-order valence-electron chi connectivity index (χ0n) is 48.6. The Kier molecular flexibility index (Phi) is 21.6. The summed E-state index contributed by atoms with van der Waals surface area (Å²) in [4.78, 5) is 80.1. The number of hydrogen-bond donors (Lipinski definition) is 4. The molecular formula is C57H85ClN12O8Si2. The maximum Gasteiger partial charge on any atom is 0.280 e. The summed E-state index contributed by atoms with van der Waals surface area (Å²) in [5, 5.41) is 2.36. The maximum absolute atomic E-state index is 12.9. The van der Waals surface area contributed by atoms with E-state index in [1.54, 1.807) is 49.5 Å². The second-order valence-electron chi connectivity index (χ2n) is 23.6. The van der Waals surface area contributed by atoms with Crippen molar-refractivity contribution in [2.45, 2.75) is 189 Å². The molecule has 436 valence electrons. The van der Waals surface area contributed by atoms with Gasteiger partial charge in [0.1, 0.15) is 24.3 Å². The van der Waals surface area contributed by atoms with Crippen LogP contribution in [0.1, 0.15) is 127 Å².